The maximum Gasteiger partial charge on any atom is 0.191 e. The van der Waals surface area contributed by atoms with Gasteiger partial charge in [-0.15, -0.1) is 24.0 Å². The fourth-order valence-electron chi connectivity index (χ4n) is 3.24. The summed E-state index contributed by atoms with van der Waals surface area (Å²) in [6.45, 7) is 10.6. The first kappa shape index (κ1) is 23.2. The molecule has 1 aliphatic rings. The maximum absolute atomic E-state index is 5.90. The second-order valence-electron chi connectivity index (χ2n) is 6.82. The van der Waals surface area contributed by atoms with Gasteiger partial charge in [0.1, 0.15) is 0 Å². The highest BCUT2D eigenvalue weighted by Crippen LogP contribution is 2.20. The van der Waals surface area contributed by atoms with Crippen LogP contribution in [0.15, 0.2) is 11.1 Å². The average molecular weight is 477 g/mol. The zero-order chi connectivity index (χ0) is 17.9. The van der Waals surface area contributed by atoms with Crippen LogP contribution in [0.4, 0.5) is 0 Å². The molecule has 26 heavy (non-hydrogen) atoms. The van der Waals surface area contributed by atoms with E-state index >= 15 is 0 Å². The normalized spacial score (nSPS) is 15.1. The molecule has 6 nitrogen and oxygen atoms in total. The number of nitrogens with one attached hydrogen (secondary N) is 2. The van der Waals surface area contributed by atoms with Gasteiger partial charge in [-0.2, -0.15) is 5.10 Å². The molecule has 1 fully saturated rings. The van der Waals surface area contributed by atoms with Gasteiger partial charge in [-0.1, -0.05) is 12.8 Å². The van der Waals surface area contributed by atoms with Gasteiger partial charge in [-0.05, 0) is 52.5 Å². The number of nitrogens with zero attached hydrogens (tertiary/aromatic N) is 3. The molecular weight excluding hydrogens is 441 g/mol. The maximum atomic E-state index is 5.90. The monoisotopic (exact) mass is 477 g/mol. The molecule has 1 aromatic rings. The van der Waals surface area contributed by atoms with Gasteiger partial charge < -0.3 is 15.4 Å². The summed E-state index contributed by atoms with van der Waals surface area (Å²) >= 11 is 0. The lowest BCUT2D eigenvalue weighted by molar-refractivity contribution is 0.0574. The van der Waals surface area contributed by atoms with Gasteiger partial charge in [-0.25, -0.2) is 0 Å². The molecule has 0 saturated heterocycles. The molecule has 2 N–H and O–H groups in total. The van der Waals surface area contributed by atoms with Crippen LogP contribution in [0, 0.1) is 13.8 Å². The number of ether oxygens (including phenoxy) is 1. The van der Waals surface area contributed by atoms with E-state index in [4.69, 9.17) is 4.74 Å². The van der Waals surface area contributed by atoms with Gasteiger partial charge >= 0.3 is 0 Å². The summed E-state index contributed by atoms with van der Waals surface area (Å²) in [6, 6.07) is 2.11. The zero-order valence-corrected chi connectivity index (χ0v) is 18.9. The first-order chi connectivity index (χ1) is 12.2. The number of aromatic nitrogens is 2. The molecule has 0 spiro atoms. The van der Waals surface area contributed by atoms with Gasteiger partial charge in [0.15, 0.2) is 5.96 Å². The summed E-state index contributed by atoms with van der Waals surface area (Å²) in [5.74, 6) is 0.900. The summed E-state index contributed by atoms with van der Waals surface area (Å²) in [7, 11) is 0. The Hall–Kier alpha value is -0.830. The van der Waals surface area contributed by atoms with Crippen LogP contribution in [0.2, 0.25) is 0 Å². The fraction of sp³-hybridized carbons (Fsp3) is 0.789. The number of rotatable bonds is 10. The number of aliphatic imine (C=N–C) groups is 1. The smallest absolute Gasteiger partial charge is 0.191 e. The summed E-state index contributed by atoms with van der Waals surface area (Å²) in [4.78, 5) is 4.65. The lowest BCUT2D eigenvalue weighted by Crippen LogP contribution is -2.38. The van der Waals surface area contributed by atoms with Gasteiger partial charge in [-0.3, -0.25) is 9.67 Å². The Morgan fingerprint density at radius 1 is 1.27 bits per heavy atom. The third-order valence-electron chi connectivity index (χ3n) is 4.51. The minimum absolute atomic E-state index is 0. The highest BCUT2D eigenvalue weighted by Gasteiger charge is 2.14. The molecule has 0 radical (unpaired) electrons. The zero-order valence-electron chi connectivity index (χ0n) is 16.6. The molecule has 0 amide bonds. The van der Waals surface area contributed by atoms with Crippen molar-refractivity contribution < 1.29 is 4.74 Å². The number of hydrogen-bond acceptors (Lipinski definition) is 3. The summed E-state index contributed by atoms with van der Waals surface area (Å²) in [5, 5.41) is 11.2. The Morgan fingerprint density at radius 3 is 2.69 bits per heavy atom. The van der Waals surface area contributed by atoms with Crippen LogP contribution in [-0.2, 0) is 11.3 Å². The highest BCUT2D eigenvalue weighted by atomic mass is 127. The number of aryl methyl sites for hydroxylation is 3. The topological polar surface area (TPSA) is 63.5 Å². The van der Waals surface area contributed by atoms with Crippen molar-refractivity contribution in [3.63, 3.8) is 0 Å². The third-order valence-corrected chi connectivity index (χ3v) is 4.51. The minimum atomic E-state index is 0. The molecule has 7 heteroatoms. The molecule has 0 aromatic carbocycles. The standard InChI is InChI=1S/C19H35N5O.HI/c1-4-20-19(22-12-8-14-25-18-9-5-6-10-18)21-11-7-13-24-17(3)15-16(2)23-24;/h15,18H,4-14H2,1-3H3,(H2,20,21,22);1H. The highest BCUT2D eigenvalue weighted by molar-refractivity contribution is 14.0. The molecule has 0 unspecified atom stereocenters. The van der Waals surface area contributed by atoms with E-state index in [9.17, 15) is 0 Å². The number of halogens is 1. The van der Waals surface area contributed by atoms with E-state index in [0.29, 0.717) is 6.10 Å². The van der Waals surface area contributed by atoms with Crippen molar-refractivity contribution in [3.8, 4) is 0 Å². The van der Waals surface area contributed by atoms with Crippen molar-refractivity contribution in [1.29, 1.82) is 0 Å². The average Bonchev–Trinajstić information content (AvgIpc) is 3.20. The van der Waals surface area contributed by atoms with Crippen LogP contribution in [0.3, 0.4) is 0 Å². The molecule has 1 heterocycles. The largest absolute Gasteiger partial charge is 0.378 e. The van der Waals surface area contributed by atoms with Crippen LogP contribution >= 0.6 is 24.0 Å². The van der Waals surface area contributed by atoms with Crippen molar-refractivity contribution in [2.75, 3.05) is 26.2 Å². The van der Waals surface area contributed by atoms with Crippen molar-refractivity contribution in [2.45, 2.75) is 71.9 Å². The van der Waals surface area contributed by atoms with E-state index in [1.165, 1.54) is 31.4 Å². The van der Waals surface area contributed by atoms with Crippen LogP contribution < -0.4 is 10.6 Å². The van der Waals surface area contributed by atoms with Gasteiger partial charge in [0, 0.05) is 38.5 Å². The van der Waals surface area contributed by atoms with Crippen LogP contribution in [0.1, 0.15) is 56.8 Å². The summed E-state index contributed by atoms with van der Waals surface area (Å²) < 4.78 is 7.96. The van der Waals surface area contributed by atoms with E-state index in [1.807, 2.05) is 6.92 Å². The van der Waals surface area contributed by atoms with E-state index in [0.717, 1.165) is 57.3 Å². The fourth-order valence-corrected chi connectivity index (χ4v) is 3.24. The molecule has 1 aliphatic carbocycles. The second-order valence-corrected chi connectivity index (χ2v) is 6.82. The van der Waals surface area contributed by atoms with E-state index in [-0.39, 0.29) is 24.0 Å². The van der Waals surface area contributed by atoms with Gasteiger partial charge in [0.25, 0.3) is 0 Å². The Kier molecular flexibility index (Phi) is 11.9. The lowest BCUT2D eigenvalue weighted by atomic mass is 10.3. The molecule has 0 bridgehead atoms. The molecule has 1 saturated carbocycles. The van der Waals surface area contributed by atoms with Gasteiger partial charge in [0.05, 0.1) is 11.8 Å². The van der Waals surface area contributed by atoms with Crippen LogP contribution in [0.5, 0.6) is 0 Å². The number of guanidine groups is 1. The molecular formula is C19H36IN5O. The first-order valence-corrected chi connectivity index (χ1v) is 9.84. The van der Waals surface area contributed by atoms with Crippen LogP contribution in [-0.4, -0.2) is 48.1 Å². The van der Waals surface area contributed by atoms with Crippen molar-refractivity contribution in [1.82, 2.24) is 20.4 Å². The third kappa shape index (κ3) is 8.70. The van der Waals surface area contributed by atoms with Crippen molar-refractivity contribution in [3.05, 3.63) is 17.5 Å². The molecule has 1 aromatic heterocycles. The summed E-state index contributed by atoms with van der Waals surface area (Å²) in [6.07, 6.45) is 7.67. The Morgan fingerprint density at radius 2 is 2.04 bits per heavy atom. The van der Waals surface area contributed by atoms with Crippen molar-refractivity contribution in [2.24, 2.45) is 4.99 Å². The molecule has 150 valence electrons. The molecule has 2 rings (SSSR count). The molecule has 0 aliphatic heterocycles. The Bertz CT molecular complexity index is 526. The van der Waals surface area contributed by atoms with E-state index in [2.05, 4.69) is 45.3 Å². The first-order valence-electron chi connectivity index (χ1n) is 9.84. The Balaban J connectivity index is 0.00000338. The quantitative estimate of drug-likeness (QED) is 0.235. The lowest BCUT2D eigenvalue weighted by Gasteiger charge is -2.13. The van der Waals surface area contributed by atoms with Crippen LogP contribution in [0.25, 0.3) is 0 Å². The Labute approximate surface area is 175 Å². The van der Waals surface area contributed by atoms with E-state index < -0.39 is 0 Å². The van der Waals surface area contributed by atoms with Crippen molar-refractivity contribution >= 4 is 29.9 Å². The number of hydrogen-bond donors (Lipinski definition) is 2. The summed E-state index contributed by atoms with van der Waals surface area (Å²) in [5.41, 5.74) is 2.30. The van der Waals surface area contributed by atoms with Gasteiger partial charge in [0.2, 0.25) is 0 Å². The SMILES string of the molecule is CCNC(=NCCCn1nc(C)cc1C)NCCCOC1CCCC1.I. The second kappa shape index (κ2) is 13.4. The predicted molar refractivity (Wildman–Crippen MR) is 119 cm³/mol. The molecule has 0 atom stereocenters. The minimum Gasteiger partial charge on any atom is -0.378 e. The van der Waals surface area contributed by atoms with E-state index in [1.54, 1.807) is 0 Å². The predicted octanol–water partition coefficient (Wildman–Crippen LogP) is 3.41.